The minimum Gasteiger partial charge on any atom is -0.453 e. The molecule has 0 radical (unpaired) electrons. The number of benzene rings is 1. The average Bonchev–Trinajstić information content (AvgIpc) is 3.48. The number of rotatable bonds is 7. The quantitative estimate of drug-likeness (QED) is 0.399. The van der Waals surface area contributed by atoms with Gasteiger partial charge < -0.3 is 13.7 Å². The Morgan fingerprint density at radius 3 is 2.49 bits per heavy atom. The summed E-state index contributed by atoms with van der Waals surface area (Å²) in [4.78, 5) is 35.0. The summed E-state index contributed by atoms with van der Waals surface area (Å²) in [6, 6.07) is 8.89. The van der Waals surface area contributed by atoms with E-state index in [4.69, 9.17) is 37.3 Å². The van der Waals surface area contributed by atoms with Crippen LogP contribution >= 0.6 is 23.2 Å². The molecule has 5 rings (SSSR count). The molecule has 1 aliphatic rings. The molecule has 1 saturated heterocycles. The van der Waals surface area contributed by atoms with Crippen molar-refractivity contribution >= 4 is 34.4 Å². The molecule has 1 aliphatic heterocycles. The van der Waals surface area contributed by atoms with Crippen molar-refractivity contribution in [3.05, 3.63) is 61.2 Å². The number of aromatic amines is 1. The highest BCUT2D eigenvalue weighted by Gasteiger charge is 2.23. The van der Waals surface area contributed by atoms with E-state index in [0.29, 0.717) is 71.4 Å². The fraction of sp³-hybridized carbons (Fsp3) is 0.375. The van der Waals surface area contributed by atoms with Crippen LogP contribution in [0.5, 0.6) is 0 Å². The van der Waals surface area contributed by atoms with Crippen LogP contribution in [0.4, 0.5) is 0 Å². The van der Waals surface area contributed by atoms with Crippen molar-refractivity contribution in [1.82, 2.24) is 24.0 Å². The lowest BCUT2D eigenvalue weighted by molar-refractivity contribution is 0.0365. The predicted molar refractivity (Wildman–Crippen MR) is 135 cm³/mol. The Balaban J connectivity index is 1.62. The van der Waals surface area contributed by atoms with Crippen LogP contribution in [0.1, 0.15) is 13.3 Å². The van der Waals surface area contributed by atoms with Gasteiger partial charge in [-0.05, 0) is 36.8 Å². The van der Waals surface area contributed by atoms with Gasteiger partial charge in [-0.25, -0.2) is 9.78 Å². The summed E-state index contributed by atoms with van der Waals surface area (Å²) in [6.45, 7) is 6.62. The zero-order chi connectivity index (χ0) is 24.5. The molecule has 11 heteroatoms. The Bertz CT molecular complexity index is 1480. The summed E-state index contributed by atoms with van der Waals surface area (Å²) in [5.74, 6) is 1.56. The Labute approximate surface area is 210 Å². The third-order valence-electron chi connectivity index (χ3n) is 6.11. The second-order valence-corrected chi connectivity index (χ2v) is 9.23. The van der Waals surface area contributed by atoms with E-state index in [1.54, 1.807) is 18.2 Å². The summed E-state index contributed by atoms with van der Waals surface area (Å²) in [7, 11) is 0. The molecule has 35 heavy (non-hydrogen) atoms. The maximum atomic E-state index is 12.9. The number of hydrogen-bond acceptors (Lipinski definition) is 6. The summed E-state index contributed by atoms with van der Waals surface area (Å²) in [6.07, 6.45) is 0.721. The van der Waals surface area contributed by atoms with Gasteiger partial charge in [0.15, 0.2) is 22.7 Å². The minimum atomic E-state index is -0.468. The van der Waals surface area contributed by atoms with E-state index in [9.17, 15) is 9.59 Å². The van der Waals surface area contributed by atoms with E-state index in [1.807, 2.05) is 23.6 Å². The number of nitrogens with zero attached hydrogens (tertiary/aromatic N) is 4. The predicted octanol–water partition coefficient (Wildman–Crippen LogP) is 3.86. The minimum absolute atomic E-state index is 0.352. The van der Waals surface area contributed by atoms with Crippen molar-refractivity contribution in [3.8, 4) is 22.9 Å². The van der Waals surface area contributed by atoms with Gasteiger partial charge in [-0.2, -0.15) is 0 Å². The smallest absolute Gasteiger partial charge is 0.330 e. The Morgan fingerprint density at radius 1 is 0.971 bits per heavy atom. The zero-order valence-electron chi connectivity index (χ0n) is 19.2. The molecule has 1 aromatic carbocycles. The van der Waals surface area contributed by atoms with E-state index in [-0.39, 0.29) is 0 Å². The molecule has 0 bridgehead atoms. The van der Waals surface area contributed by atoms with Crippen molar-refractivity contribution in [2.45, 2.75) is 26.4 Å². The molecule has 1 fully saturated rings. The number of imidazole rings is 1. The van der Waals surface area contributed by atoms with Gasteiger partial charge in [-0.15, -0.1) is 0 Å². The number of fused-ring (bicyclic) bond motifs is 1. The number of H-pyrrole nitrogens is 1. The molecule has 1 N–H and O–H groups in total. The first-order valence-electron chi connectivity index (χ1n) is 11.6. The van der Waals surface area contributed by atoms with E-state index in [1.165, 1.54) is 4.57 Å². The van der Waals surface area contributed by atoms with Crippen molar-refractivity contribution < 1.29 is 9.15 Å². The number of furan rings is 1. The molecule has 9 nitrogen and oxygen atoms in total. The summed E-state index contributed by atoms with van der Waals surface area (Å²) in [5, 5.41) is 0.884. The van der Waals surface area contributed by atoms with Gasteiger partial charge in [0.05, 0.1) is 23.3 Å². The van der Waals surface area contributed by atoms with Crippen LogP contribution in [0.3, 0.4) is 0 Å². The molecule has 0 atom stereocenters. The van der Waals surface area contributed by atoms with Crippen LogP contribution in [0.25, 0.3) is 34.1 Å². The monoisotopic (exact) mass is 517 g/mol. The van der Waals surface area contributed by atoms with Crippen LogP contribution in [0.15, 0.2) is 44.3 Å². The topological polar surface area (TPSA) is 98.3 Å². The molecular formula is C24H25Cl2N5O4. The number of aryl methyl sites for hydroxylation is 1. The lowest BCUT2D eigenvalue weighted by Crippen LogP contribution is -2.38. The Morgan fingerprint density at radius 2 is 1.74 bits per heavy atom. The molecule has 4 heterocycles. The van der Waals surface area contributed by atoms with Crippen LogP contribution in [-0.4, -0.2) is 56.9 Å². The normalized spacial score (nSPS) is 14.7. The van der Waals surface area contributed by atoms with Gasteiger partial charge in [0.1, 0.15) is 5.76 Å². The van der Waals surface area contributed by atoms with Gasteiger partial charge in [0.2, 0.25) is 0 Å². The maximum absolute atomic E-state index is 12.9. The molecule has 184 valence electrons. The lowest BCUT2D eigenvalue weighted by atomic mass is 10.2. The van der Waals surface area contributed by atoms with Crippen LogP contribution in [-0.2, 0) is 17.8 Å². The fourth-order valence-corrected chi connectivity index (χ4v) is 4.64. The Hall–Kier alpha value is -2.85. The number of morpholine rings is 1. The fourth-order valence-electron chi connectivity index (χ4n) is 4.34. The third-order valence-corrected chi connectivity index (χ3v) is 6.85. The number of ether oxygens (including phenoxy) is 1. The Kier molecular flexibility index (Phi) is 6.84. The van der Waals surface area contributed by atoms with E-state index < -0.39 is 11.2 Å². The van der Waals surface area contributed by atoms with Crippen LogP contribution in [0.2, 0.25) is 10.0 Å². The highest BCUT2D eigenvalue weighted by molar-refractivity contribution is 6.42. The summed E-state index contributed by atoms with van der Waals surface area (Å²) >= 11 is 12.2. The van der Waals surface area contributed by atoms with Crippen molar-refractivity contribution in [1.29, 1.82) is 0 Å². The van der Waals surface area contributed by atoms with E-state index in [2.05, 4.69) is 9.88 Å². The highest BCUT2D eigenvalue weighted by Crippen LogP contribution is 2.33. The SMILES string of the molecule is CCCn1c(=O)[nH]c(=O)c2c1nc(-c1ccc(-c3ccc(Cl)c(Cl)c3)o1)n2CCN1CCOCC1. The second-order valence-electron chi connectivity index (χ2n) is 8.42. The molecule has 0 unspecified atom stereocenters. The van der Waals surface area contributed by atoms with Crippen molar-refractivity contribution in [2.24, 2.45) is 0 Å². The summed E-state index contributed by atoms with van der Waals surface area (Å²) in [5.41, 5.74) is 0.542. The third kappa shape index (κ3) is 4.69. The second kappa shape index (κ2) is 10.0. The lowest BCUT2D eigenvalue weighted by Gasteiger charge is -2.26. The standard InChI is InChI=1S/C24H25Cl2N5O4/c1-2-7-31-22-20(23(32)28-24(31)33)30(9-8-29-10-12-34-13-11-29)21(27-22)19-6-5-18(35-19)15-3-4-16(25)17(26)14-15/h3-6,14H,2,7-13H2,1H3,(H,28,32,33). The van der Waals surface area contributed by atoms with Gasteiger partial charge in [-0.1, -0.05) is 30.1 Å². The van der Waals surface area contributed by atoms with Gasteiger partial charge >= 0.3 is 5.69 Å². The first-order valence-corrected chi connectivity index (χ1v) is 12.3. The van der Waals surface area contributed by atoms with E-state index >= 15 is 0 Å². The molecule has 0 spiro atoms. The largest absolute Gasteiger partial charge is 0.453 e. The van der Waals surface area contributed by atoms with Crippen LogP contribution in [0, 0.1) is 0 Å². The zero-order valence-corrected chi connectivity index (χ0v) is 20.7. The molecule has 4 aromatic rings. The van der Waals surface area contributed by atoms with Gasteiger partial charge in [-0.3, -0.25) is 19.2 Å². The number of halogens is 2. The van der Waals surface area contributed by atoms with Gasteiger partial charge in [0.25, 0.3) is 5.56 Å². The maximum Gasteiger partial charge on any atom is 0.330 e. The molecular weight excluding hydrogens is 493 g/mol. The number of nitrogens with one attached hydrogen (secondary N) is 1. The van der Waals surface area contributed by atoms with E-state index in [0.717, 1.165) is 25.1 Å². The highest BCUT2D eigenvalue weighted by atomic mass is 35.5. The molecule has 0 aliphatic carbocycles. The van der Waals surface area contributed by atoms with Crippen LogP contribution < -0.4 is 11.2 Å². The molecule has 3 aromatic heterocycles. The summed E-state index contributed by atoms with van der Waals surface area (Å²) < 4.78 is 15.0. The first-order chi connectivity index (χ1) is 17.0. The van der Waals surface area contributed by atoms with Crippen molar-refractivity contribution in [3.63, 3.8) is 0 Å². The number of aromatic nitrogens is 4. The molecule has 0 amide bonds. The van der Waals surface area contributed by atoms with Gasteiger partial charge in [0, 0.05) is 38.3 Å². The average molecular weight is 518 g/mol. The molecule has 0 saturated carbocycles. The first kappa shape index (κ1) is 23.9. The number of hydrogen-bond donors (Lipinski definition) is 1. The van der Waals surface area contributed by atoms with Crippen molar-refractivity contribution in [2.75, 3.05) is 32.8 Å².